The lowest BCUT2D eigenvalue weighted by molar-refractivity contribution is 0.403. The lowest BCUT2D eigenvalue weighted by Crippen LogP contribution is -2.24. The van der Waals surface area contributed by atoms with Crippen molar-refractivity contribution in [1.82, 2.24) is 0 Å². The first-order valence-corrected chi connectivity index (χ1v) is 6.86. The Kier molecular flexibility index (Phi) is 4.53. The molecule has 1 aromatic rings. The molecule has 0 saturated carbocycles. The molecule has 0 bridgehead atoms. The molecule has 2 unspecified atom stereocenters. The number of benzene rings is 1. The molecule has 106 valence electrons. The third-order valence-corrected chi connectivity index (χ3v) is 3.72. The van der Waals surface area contributed by atoms with Crippen molar-refractivity contribution in [2.45, 2.75) is 25.8 Å². The van der Waals surface area contributed by atoms with Crippen molar-refractivity contribution in [1.29, 1.82) is 0 Å². The van der Waals surface area contributed by atoms with Crippen molar-refractivity contribution in [3.05, 3.63) is 18.2 Å². The second-order valence-corrected chi connectivity index (χ2v) is 5.35. The standard InChI is InChI=1S/C15H24N2O2/c1-11(16)8-12-6-7-17(10-12)14-9-13(18-2)4-5-15(14)19-3/h4-5,9,11-12H,6-8,10,16H2,1-3H3. The zero-order chi connectivity index (χ0) is 13.8. The Morgan fingerprint density at radius 3 is 2.79 bits per heavy atom. The Labute approximate surface area is 115 Å². The minimum Gasteiger partial charge on any atom is -0.497 e. The van der Waals surface area contributed by atoms with Gasteiger partial charge in [0, 0.05) is 25.2 Å². The summed E-state index contributed by atoms with van der Waals surface area (Å²) in [6.45, 7) is 4.18. The van der Waals surface area contributed by atoms with E-state index in [4.69, 9.17) is 15.2 Å². The first kappa shape index (κ1) is 14.0. The van der Waals surface area contributed by atoms with Gasteiger partial charge in [0.2, 0.25) is 0 Å². The third-order valence-electron chi connectivity index (χ3n) is 3.72. The van der Waals surface area contributed by atoms with E-state index < -0.39 is 0 Å². The van der Waals surface area contributed by atoms with Crippen LogP contribution in [0.4, 0.5) is 5.69 Å². The van der Waals surface area contributed by atoms with Gasteiger partial charge in [-0.05, 0) is 37.8 Å². The molecule has 1 fully saturated rings. The fraction of sp³-hybridized carbons (Fsp3) is 0.600. The van der Waals surface area contributed by atoms with Crippen LogP contribution in [0.2, 0.25) is 0 Å². The highest BCUT2D eigenvalue weighted by atomic mass is 16.5. The highest BCUT2D eigenvalue weighted by Gasteiger charge is 2.25. The molecule has 0 amide bonds. The highest BCUT2D eigenvalue weighted by molar-refractivity contribution is 5.62. The van der Waals surface area contributed by atoms with Crippen LogP contribution in [0, 0.1) is 5.92 Å². The van der Waals surface area contributed by atoms with Gasteiger partial charge in [-0.2, -0.15) is 0 Å². The summed E-state index contributed by atoms with van der Waals surface area (Å²) in [5.74, 6) is 2.45. The molecular weight excluding hydrogens is 240 g/mol. The lowest BCUT2D eigenvalue weighted by atomic mass is 10.0. The molecule has 4 nitrogen and oxygen atoms in total. The molecule has 4 heteroatoms. The van der Waals surface area contributed by atoms with Crippen LogP contribution in [-0.4, -0.2) is 33.4 Å². The van der Waals surface area contributed by atoms with E-state index in [9.17, 15) is 0 Å². The zero-order valence-corrected chi connectivity index (χ0v) is 12.1. The number of nitrogens with two attached hydrogens (primary N) is 1. The van der Waals surface area contributed by atoms with Gasteiger partial charge in [-0.1, -0.05) is 0 Å². The predicted octanol–water partition coefficient (Wildman–Crippen LogP) is 2.27. The van der Waals surface area contributed by atoms with Crippen molar-refractivity contribution in [2.75, 3.05) is 32.2 Å². The van der Waals surface area contributed by atoms with E-state index in [1.165, 1.54) is 6.42 Å². The molecular formula is C15H24N2O2. The van der Waals surface area contributed by atoms with E-state index in [1.807, 2.05) is 18.2 Å². The topological polar surface area (TPSA) is 47.7 Å². The molecule has 0 aromatic heterocycles. The third kappa shape index (κ3) is 3.32. The summed E-state index contributed by atoms with van der Waals surface area (Å²) >= 11 is 0. The summed E-state index contributed by atoms with van der Waals surface area (Å²) in [5, 5.41) is 0. The summed E-state index contributed by atoms with van der Waals surface area (Å²) in [5.41, 5.74) is 7.01. The first-order valence-electron chi connectivity index (χ1n) is 6.86. The number of hydrogen-bond donors (Lipinski definition) is 1. The van der Waals surface area contributed by atoms with Crippen molar-refractivity contribution in [2.24, 2.45) is 11.7 Å². The Morgan fingerprint density at radius 1 is 1.37 bits per heavy atom. The van der Waals surface area contributed by atoms with Gasteiger partial charge in [-0.15, -0.1) is 0 Å². The molecule has 2 atom stereocenters. The van der Waals surface area contributed by atoms with E-state index in [2.05, 4.69) is 11.8 Å². The zero-order valence-electron chi connectivity index (χ0n) is 12.1. The predicted molar refractivity (Wildman–Crippen MR) is 78.1 cm³/mol. The molecule has 0 spiro atoms. The van der Waals surface area contributed by atoms with Crippen LogP contribution in [0.25, 0.3) is 0 Å². The molecule has 2 rings (SSSR count). The van der Waals surface area contributed by atoms with Crippen LogP contribution in [0.5, 0.6) is 11.5 Å². The number of methoxy groups -OCH3 is 2. The molecule has 0 aliphatic carbocycles. The van der Waals surface area contributed by atoms with Crippen LogP contribution in [0.1, 0.15) is 19.8 Å². The van der Waals surface area contributed by atoms with E-state index in [-0.39, 0.29) is 6.04 Å². The molecule has 1 aliphatic rings. The number of nitrogens with zero attached hydrogens (tertiary/aromatic N) is 1. The lowest BCUT2D eigenvalue weighted by Gasteiger charge is -2.22. The molecule has 1 saturated heterocycles. The fourth-order valence-electron chi connectivity index (χ4n) is 2.81. The second-order valence-electron chi connectivity index (χ2n) is 5.35. The van der Waals surface area contributed by atoms with Gasteiger partial charge in [-0.25, -0.2) is 0 Å². The summed E-state index contributed by atoms with van der Waals surface area (Å²) < 4.78 is 10.8. The minimum absolute atomic E-state index is 0.275. The maximum atomic E-state index is 5.89. The first-order chi connectivity index (χ1) is 9.13. The Balaban J connectivity index is 2.13. The molecule has 2 N–H and O–H groups in total. The van der Waals surface area contributed by atoms with E-state index in [0.29, 0.717) is 5.92 Å². The number of rotatable bonds is 5. The smallest absolute Gasteiger partial charge is 0.142 e. The molecule has 1 aliphatic heterocycles. The van der Waals surface area contributed by atoms with Crippen molar-refractivity contribution in [3.8, 4) is 11.5 Å². The van der Waals surface area contributed by atoms with Crippen LogP contribution in [0.3, 0.4) is 0 Å². The van der Waals surface area contributed by atoms with Gasteiger partial charge in [0.05, 0.1) is 19.9 Å². The van der Waals surface area contributed by atoms with Crippen LogP contribution in [0.15, 0.2) is 18.2 Å². The fourth-order valence-corrected chi connectivity index (χ4v) is 2.81. The van der Waals surface area contributed by atoms with Crippen LogP contribution < -0.4 is 20.1 Å². The largest absolute Gasteiger partial charge is 0.497 e. The maximum absolute atomic E-state index is 5.89. The SMILES string of the molecule is COc1ccc(OC)c(N2CCC(CC(C)N)C2)c1. The minimum atomic E-state index is 0.275. The van der Waals surface area contributed by atoms with Crippen molar-refractivity contribution < 1.29 is 9.47 Å². The molecule has 1 aromatic carbocycles. The average molecular weight is 264 g/mol. The maximum Gasteiger partial charge on any atom is 0.142 e. The van der Waals surface area contributed by atoms with Crippen molar-refractivity contribution >= 4 is 5.69 Å². The number of hydrogen-bond acceptors (Lipinski definition) is 4. The van der Waals surface area contributed by atoms with Gasteiger partial charge in [-0.3, -0.25) is 0 Å². The summed E-state index contributed by atoms with van der Waals surface area (Å²) in [4.78, 5) is 2.37. The van der Waals surface area contributed by atoms with Gasteiger partial charge in [0.15, 0.2) is 0 Å². The Morgan fingerprint density at radius 2 is 2.16 bits per heavy atom. The normalized spacial score (nSPS) is 20.4. The Bertz CT molecular complexity index is 421. The van der Waals surface area contributed by atoms with Crippen molar-refractivity contribution in [3.63, 3.8) is 0 Å². The van der Waals surface area contributed by atoms with Gasteiger partial charge in [0.25, 0.3) is 0 Å². The monoisotopic (exact) mass is 264 g/mol. The quantitative estimate of drug-likeness (QED) is 0.886. The average Bonchev–Trinajstić information content (AvgIpc) is 2.85. The molecule has 19 heavy (non-hydrogen) atoms. The summed E-state index contributed by atoms with van der Waals surface area (Å²) in [6.07, 6.45) is 2.28. The van der Waals surface area contributed by atoms with E-state index in [1.54, 1.807) is 14.2 Å². The van der Waals surface area contributed by atoms with Gasteiger partial charge >= 0.3 is 0 Å². The molecule has 0 radical (unpaired) electrons. The van der Waals surface area contributed by atoms with Gasteiger partial charge < -0.3 is 20.1 Å². The van der Waals surface area contributed by atoms with Gasteiger partial charge in [0.1, 0.15) is 11.5 Å². The second kappa shape index (κ2) is 6.15. The summed E-state index contributed by atoms with van der Waals surface area (Å²) in [7, 11) is 3.40. The number of ether oxygens (including phenoxy) is 2. The van der Waals surface area contributed by atoms with E-state index in [0.717, 1.165) is 36.7 Å². The number of anilines is 1. The Hall–Kier alpha value is -1.42. The van der Waals surface area contributed by atoms with Crippen LogP contribution >= 0.6 is 0 Å². The molecule has 1 heterocycles. The van der Waals surface area contributed by atoms with Crippen LogP contribution in [-0.2, 0) is 0 Å². The summed E-state index contributed by atoms with van der Waals surface area (Å²) in [6, 6.07) is 6.22. The van der Waals surface area contributed by atoms with E-state index >= 15 is 0 Å². The highest BCUT2D eigenvalue weighted by Crippen LogP contribution is 2.36.